The van der Waals surface area contributed by atoms with Crippen molar-refractivity contribution in [3.63, 3.8) is 0 Å². The van der Waals surface area contributed by atoms with Crippen LogP contribution in [-0.4, -0.2) is 74.8 Å². The number of nitrogens with one attached hydrogen (secondary N) is 1. The summed E-state index contributed by atoms with van der Waals surface area (Å²) in [6.45, 7) is 3.52. The summed E-state index contributed by atoms with van der Waals surface area (Å²) in [5.74, 6) is -1.40. The van der Waals surface area contributed by atoms with Crippen molar-refractivity contribution in [2.75, 3.05) is 26.8 Å². The first-order valence-corrected chi connectivity index (χ1v) is 9.88. The molecule has 3 atom stereocenters. The Bertz CT molecular complexity index is 769. The number of morpholine rings is 1. The Morgan fingerprint density at radius 2 is 1.81 bits per heavy atom. The number of benzene rings is 1. The summed E-state index contributed by atoms with van der Waals surface area (Å²) < 4.78 is 37.0. The Morgan fingerprint density at radius 3 is 2.30 bits per heavy atom. The van der Waals surface area contributed by atoms with Gasteiger partial charge in [-0.1, -0.05) is 0 Å². The number of nitrogens with zero attached hydrogens (tertiary/aromatic N) is 1. The van der Waals surface area contributed by atoms with Gasteiger partial charge in [0, 0.05) is 18.7 Å². The molecular formula is C17H24N2O7S. The number of sulfonamides is 1. The molecule has 1 aromatic carbocycles. The van der Waals surface area contributed by atoms with Crippen LogP contribution in [0.15, 0.2) is 29.2 Å². The smallest absolute Gasteiger partial charge is 0.330 e. The van der Waals surface area contributed by atoms with Crippen LogP contribution in [0.5, 0.6) is 0 Å². The van der Waals surface area contributed by atoms with Gasteiger partial charge in [-0.15, -0.1) is 0 Å². The predicted molar refractivity (Wildman–Crippen MR) is 95.6 cm³/mol. The molecule has 0 unspecified atom stereocenters. The van der Waals surface area contributed by atoms with Crippen LogP contribution in [0.25, 0.3) is 0 Å². The minimum Gasteiger partial charge on any atom is -0.467 e. The first kappa shape index (κ1) is 21.3. The molecule has 1 aliphatic rings. The standard InChI is InChI=1S/C17H24N2O7S/c1-11-8-19(9-12(2)26-11)27(23,24)14-6-4-13(5-7-14)16(21)18-15(10-20)17(22)25-3/h4-7,11-12,15,20H,8-10H2,1-3H3,(H,18,21)/t11-,12-,15+/m1/s1. The summed E-state index contributed by atoms with van der Waals surface area (Å²) in [6.07, 6.45) is -0.412. The van der Waals surface area contributed by atoms with Gasteiger partial charge in [0.05, 0.1) is 30.8 Å². The van der Waals surface area contributed by atoms with Gasteiger partial charge in [-0.25, -0.2) is 13.2 Å². The van der Waals surface area contributed by atoms with Crippen LogP contribution in [0.4, 0.5) is 0 Å². The molecule has 1 saturated heterocycles. The third-order valence-electron chi connectivity index (χ3n) is 4.11. The van der Waals surface area contributed by atoms with Gasteiger partial charge < -0.3 is 19.9 Å². The molecule has 1 heterocycles. The van der Waals surface area contributed by atoms with Crippen LogP contribution < -0.4 is 5.32 Å². The molecule has 0 aromatic heterocycles. The van der Waals surface area contributed by atoms with E-state index < -0.39 is 34.5 Å². The lowest BCUT2D eigenvalue weighted by molar-refractivity contribution is -0.143. The Labute approximate surface area is 158 Å². The number of carbonyl (C=O) groups excluding carboxylic acids is 2. The van der Waals surface area contributed by atoms with Crippen molar-refractivity contribution in [2.45, 2.75) is 37.0 Å². The van der Waals surface area contributed by atoms with Gasteiger partial charge in [-0.3, -0.25) is 4.79 Å². The molecule has 150 valence electrons. The number of aliphatic hydroxyl groups excluding tert-OH is 1. The first-order valence-electron chi connectivity index (χ1n) is 8.44. The van der Waals surface area contributed by atoms with E-state index in [9.17, 15) is 18.0 Å². The van der Waals surface area contributed by atoms with Crippen molar-refractivity contribution in [1.82, 2.24) is 9.62 Å². The van der Waals surface area contributed by atoms with Gasteiger partial charge in [-0.05, 0) is 38.1 Å². The third-order valence-corrected chi connectivity index (χ3v) is 5.96. The monoisotopic (exact) mass is 400 g/mol. The van der Waals surface area contributed by atoms with E-state index in [0.29, 0.717) is 0 Å². The summed E-state index contributed by atoms with van der Waals surface area (Å²) >= 11 is 0. The quantitative estimate of drug-likeness (QED) is 0.631. The predicted octanol–water partition coefficient (Wildman–Crippen LogP) is -0.252. The van der Waals surface area contributed by atoms with Gasteiger partial charge in [0.1, 0.15) is 0 Å². The summed E-state index contributed by atoms with van der Waals surface area (Å²) in [4.78, 5) is 23.7. The Balaban J connectivity index is 2.14. The molecule has 0 spiro atoms. The number of aliphatic hydroxyl groups is 1. The minimum absolute atomic E-state index is 0.0621. The molecule has 10 heteroatoms. The largest absolute Gasteiger partial charge is 0.467 e. The fraction of sp³-hybridized carbons (Fsp3) is 0.529. The molecule has 1 fully saturated rings. The molecule has 2 rings (SSSR count). The van der Waals surface area contributed by atoms with E-state index in [1.54, 1.807) is 0 Å². The maximum Gasteiger partial charge on any atom is 0.330 e. The second kappa shape index (κ2) is 8.79. The van der Waals surface area contributed by atoms with E-state index in [-0.39, 0.29) is 35.8 Å². The van der Waals surface area contributed by atoms with Crippen molar-refractivity contribution in [1.29, 1.82) is 0 Å². The summed E-state index contributed by atoms with van der Waals surface area (Å²) in [5, 5.41) is 11.5. The molecule has 9 nitrogen and oxygen atoms in total. The van der Waals surface area contributed by atoms with Crippen molar-refractivity contribution in [3.05, 3.63) is 29.8 Å². The maximum atomic E-state index is 12.8. The van der Waals surface area contributed by atoms with Crippen molar-refractivity contribution < 1.29 is 32.6 Å². The highest BCUT2D eigenvalue weighted by Gasteiger charge is 2.32. The number of methoxy groups -OCH3 is 1. The lowest BCUT2D eigenvalue weighted by Crippen LogP contribution is -2.48. The number of hydrogen-bond acceptors (Lipinski definition) is 7. The zero-order valence-electron chi connectivity index (χ0n) is 15.4. The number of amides is 1. The fourth-order valence-electron chi connectivity index (χ4n) is 2.82. The summed E-state index contributed by atoms with van der Waals surface area (Å²) in [6, 6.07) is 4.17. The van der Waals surface area contributed by atoms with E-state index in [1.165, 1.54) is 28.6 Å². The Kier molecular flexibility index (Phi) is 6.93. The van der Waals surface area contributed by atoms with Crippen LogP contribution in [-0.2, 0) is 24.3 Å². The van der Waals surface area contributed by atoms with Crippen LogP contribution >= 0.6 is 0 Å². The molecule has 0 bridgehead atoms. The van der Waals surface area contributed by atoms with E-state index >= 15 is 0 Å². The average molecular weight is 400 g/mol. The number of hydrogen-bond donors (Lipinski definition) is 2. The van der Waals surface area contributed by atoms with Crippen molar-refractivity contribution >= 4 is 21.9 Å². The van der Waals surface area contributed by atoms with Crippen LogP contribution in [0, 0.1) is 0 Å². The SMILES string of the molecule is COC(=O)[C@H](CO)NC(=O)c1ccc(S(=O)(=O)N2C[C@@H](C)O[C@H](C)C2)cc1. The van der Waals surface area contributed by atoms with Crippen molar-refractivity contribution in [2.24, 2.45) is 0 Å². The fourth-order valence-corrected chi connectivity index (χ4v) is 4.41. The second-order valence-electron chi connectivity index (χ2n) is 6.34. The zero-order valence-corrected chi connectivity index (χ0v) is 16.2. The number of carbonyl (C=O) groups is 2. The normalized spacial score (nSPS) is 22.1. The van der Waals surface area contributed by atoms with Crippen LogP contribution in [0.1, 0.15) is 24.2 Å². The minimum atomic E-state index is -3.71. The molecule has 1 aliphatic heterocycles. The first-order chi connectivity index (χ1) is 12.7. The van der Waals surface area contributed by atoms with Crippen molar-refractivity contribution in [3.8, 4) is 0 Å². The van der Waals surface area contributed by atoms with Gasteiger partial charge in [0.15, 0.2) is 6.04 Å². The highest BCUT2D eigenvalue weighted by atomic mass is 32.2. The van der Waals surface area contributed by atoms with Gasteiger partial charge in [-0.2, -0.15) is 4.31 Å². The number of rotatable bonds is 6. The van der Waals surface area contributed by atoms with Crippen LogP contribution in [0.3, 0.4) is 0 Å². The molecular weight excluding hydrogens is 376 g/mol. The van der Waals surface area contributed by atoms with Gasteiger partial charge in [0.2, 0.25) is 10.0 Å². The summed E-state index contributed by atoms with van der Waals surface area (Å²) in [5.41, 5.74) is 0.153. The van der Waals surface area contributed by atoms with E-state index in [1.807, 2.05) is 13.8 Å². The third kappa shape index (κ3) is 5.04. The number of esters is 1. The van der Waals surface area contributed by atoms with E-state index in [0.717, 1.165) is 7.11 Å². The number of ether oxygens (including phenoxy) is 2. The Hall–Kier alpha value is -2.01. The van der Waals surface area contributed by atoms with Gasteiger partial charge in [0.25, 0.3) is 5.91 Å². The molecule has 0 radical (unpaired) electrons. The molecule has 0 saturated carbocycles. The highest BCUT2D eigenvalue weighted by molar-refractivity contribution is 7.89. The Morgan fingerprint density at radius 1 is 1.26 bits per heavy atom. The van der Waals surface area contributed by atoms with E-state index in [2.05, 4.69) is 10.1 Å². The second-order valence-corrected chi connectivity index (χ2v) is 8.27. The topological polar surface area (TPSA) is 122 Å². The maximum absolute atomic E-state index is 12.8. The molecule has 2 N–H and O–H groups in total. The average Bonchev–Trinajstić information content (AvgIpc) is 2.64. The molecule has 0 aliphatic carbocycles. The lowest BCUT2D eigenvalue weighted by atomic mass is 10.2. The highest BCUT2D eigenvalue weighted by Crippen LogP contribution is 2.21. The molecule has 27 heavy (non-hydrogen) atoms. The van der Waals surface area contributed by atoms with E-state index in [4.69, 9.17) is 9.84 Å². The van der Waals surface area contributed by atoms with Gasteiger partial charge >= 0.3 is 5.97 Å². The van der Waals surface area contributed by atoms with Crippen LogP contribution in [0.2, 0.25) is 0 Å². The lowest BCUT2D eigenvalue weighted by Gasteiger charge is -2.34. The molecule has 1 aromatic rings. The zero-order chi connectivity index (χ0) is 20.2. The summed E-state index contributed by atoms with van der Waals surface area (Å²) in [7, 11) is -2.56. The molecule has 1 amide bonds.